The number of halogens is 1. The molecule has 1 aromatic heterocycles. The Morgan fingerprint density at radius 2 is 1.81 bits per heavy atom. The number of benzene rings is 2. The Hall–Kier alpha value is -1.55. The maximum atomic E-state index is 6.01. The highest BCUT2D eigenvalue weighted by molar-refractivity contribution is 7.16. The molecular formula is C17H17ClN2S. The summed E-state index contributed by atoms with van der Waals surface area (Å²) in [5.74, 6) is 0. The van der Waals surface area contributed by atoms with E-state index < -0.39 is 0 Å². The van der Waals surface area contributed by atoms with Crippen LogP contribution in [-0.4, -0.2) is 7.05 Å². The van der Waals surface area contributed by atoms with Crippen LogP contribution in [0.2, 0.25) is 4.34 Å². The molecule has 3 rings (SSSR count). The lowest BCUT2D eigenvalue weighted by Crippen LogP contribution is -2.16. The molecule has 2 aromatic carbocycles. The van der Waals surface area contributed by atoms with Crippen LogP contribution in [0.5, 0.6) is 0 Å². The molecule has 0 fully saturated rings. The van der Waals surface area contributed by atoms with Crippen LogP contribution in [0.4, 0.5) is 5.69 Å². The van der Waals surface area contributed by atoms with Gasteiger partial charge in [-0.3, -0.25) is 0 Å². The average Bonchev–Trinajstić information content (AvgIpc) is 2.91. The van der Waals surface area contributed by atoms with Gasteiger partial charge in [0.25, 0.3) is 0 Å². The standard InChI is InChI=1S/C17H17ClN2S/c1-20(11-13-7-9-17(18)21-13)16-8-6-12(10-19)14-4-2-3-5-15(14)16/h2-9H,10-11,19H2,1H3. The van der Waals surface area contributed by atoms with Crippen molar-refractivity contribution in [3.8, 4) is 0 Å². The summed E-state index contributed by atoms with van der Waals surface area (Å²) in [4.78, 5) is 3.51. The first kappa shape index (κ1) is 14.4. The number of anilines is 1. The van der Waals surface area contributed by atoms with Gasteiger partial charge in [-0.25, -0.2) is 0 Å². The van der Waals surface area contributed by atoms with Crippen molar-refractivity contribution in [2.45, 2.75) is 13.1 Å². The predicted octanol–water partition coefficient (Wildman–Crippen LogP) is 4.65. The van der Waals surface area contributed by atoms with E-state index in [1.54, 1.807) is 11.3 Å². The van der Waals surface area contributed by atoms with Gasteiger partial charge in [0, 0.05) is 29.5 Å². The van der Waals surface area contributed by atoms with Crippen molar-refractivity contribution >= 4 is 39.4 Å². The quantitative estimate of drug-likeness (QED) is 0.759. The lowest BCUT2D eigenvalue weighted by molar-refractivity contribution is 0.945. The second-order valence-corrected chi connectivity index (χ2v) is 6.86. The van der Waals surface area contributed by atoms with E-state index in [0.717, 1.165) is 10.9 Å². The van der Waals surface area contributed by atoms with Crippen molar-refractivity contribution in [2.24, 2.45) is 5.73 Å². The molecule has 1 heterocycles. The Bertz CT molecular complexity index is 766. The van der Waals surface area contributed by atoms with Crippen LogP contribution in [0.1, 0.15) is 10.4 Å². The smallest absolute Gasteiger partial charge is 0.0931 e. The molecule has 0 saturated heterocycles. The number of nitrogens with two attached hydrogens (primary N) is 1. The second kappa shape index (κ2) is 6.06. The molecule has 0 aliphatic rings. The first-order valence-corrected chi connectivity index (χ1v) is 8.04. The van der Waals surface area contributed by atoms with Crippen LogP contribution in [-0.2, 0) is 13.1 Å². The van der Waals surface area contributed by atoms with E-state index >= 15 is 0 Å². The molecule has 108 valence electrons. The highest BCUT2D eigenvalue weighted by Crippen LogP contribution is 2.31. The van der Waals surface area contributed by atoms with E-state index in [4.69, 9.17) is 17.3 Å². The fourth-order valence-electron chi connectivity index (χ4n) is 2.61. The third-order valence-corrected chi connectivity index (χ3v) is 4.86. The summed E-state index contributed by atoms with van der Waals surface area (Å²) < 4.78 is 0.835. The molecule has 2 N–H and O–H groups in total. The molecule has 0 bridgehead atoms. The van der Waals surface area contributed by atoms with Gasteiger partial charge in [0.2, 0.25) is 0 Å². The average molecular weight is 317 g/mol. The van der Waals surface area contributed by atoms with Crippen molar-refractivity contribution in [3.05, 3.63) is 63.3 Å². The van der Waals surface area contributed by atoms with Gasteiger partial charge in [0.05, 0.1) is 10.9 Å². The van der Waals surface area contributed by atoms with Gasteiger partial charge in [0.1, 0.15) is 0 Å². The van der Waals surface area contributed by atoms with E-state index in [2.05, 4.69) is 54.4 Å². The minimum absolute atomic E-state index is 0.561. The first-order valence-electron chi connectivity index (χ1n) is 6.85. The molecule has 0 amide bonds. The fourth-order valence-corrected chi connectivity index (χ4v) is 3.75. The minimum atomic E-state index is 0.561. The van der Waals surface area contributed by atoms with Crippen molar-refractivity contribution in [1.29, 1.82) is 0 Å². The van der Waals surface area contributed by atoms with Crippen molar-refractivity contribution in [2.75, 3.05) is 11.9 Å². The fraction of sp³-hybridized carbons (Fsp3) is 0.176. The van der Waals surface area contributed by atoms with Gasteiger partial charge in [0.15, 0.2) is 0 Å². The normalized spacial score (nSPS) is 11.0. The summed E-state index contributed by atoms with van der Waals surface area (Å²) in [6.07, 6.45) is 0. The first-order chi connectivity index (χ1) is 10.2. The third-order valence-electron chi connectivity index (χ3n) is 3.64. The highest BCUT2D eigenvalue weighted by Gasteiger charge is 2.10. The van der Waals surface area contributed by atoms with E-state index in [1.807, 2.05) is 6.07 Å². The molecule has 3 aromatic rings. The predicted molar refractivity (Wildman–Crippen MR) is 93.3 cm³/mol. The molecule has 0 unspecified atom stereocenters. The van der Waals surface area contributed by atoms with E-state index in [9.17, 15) is 0 Å². The number of thiophene rings is 1. The molecule has 0 aliphatic heterocycles. The largest absolute Gasteiger partial charge is 0.369 e. The summed E-state index contributed by atoms with van der Waals surface area (Å²) in [6.45, 7) is 1.41. The SMILES string of the molecule is CN(Cc1ccc(Cl)s1)c1ccc(CN)c2ccccc12. The summed E-state index contributed by atoms with van der Waals surface area (Å²) in [6, 6.07) is 16.7. The Labute approximate surface area is 133 Å². The third kappa shape index (κ3) is 2.91. The molecule has 4 heteroatoms. The lowest BCUT2D eigenvalue weighted by atomic mass is 10.0. The van der Waals surface area contributed by atoms with Gasteiger partial charge in [-0.1, -0.05) is 41.9 Å². The van der Waals surface area contributed by atoms with E-state index in [0.29, 0.717) is 6.54 Å². The van der Waals surface area contributed by atoms with Crippen molar-refractivity contribution < 1.29 is 0 Å². The van der Waals surface area contributed by atoms with Crippen molar-refractivity contribution in [1.82, 2.24) is 0 Å². The van der Waals surface area contributed by atoms with Crippen LogP contribution >= 0.6 is 22.9 Å². The zero-order chi connectivity index (χ0) is 14.8. The Balaban J connectivity index is 2.00. The molecule has 0 saturated carbocycles. The van der Waals surface area contributed by atoms with Crippen LogP contribution in [0.3, 0.4) is 0 Å². The molecule has 21 heavy (non-hydrogen) atoms. The van der Waals surface area contributed by atoms with Crippen LogP contribution in [0, 0.1) is 0 Å². The summed E-state index contributed by atoms with van der Waals surface area (Å²) in [5.41, 5.74) is 8.24. The monoisotopic (exact) mass is 316 g/mol. The highest BCUT2D eigenvalue weighted by atomic mass is 35.5. The zero-order valence-corrected chi connectivity index (χ0v) is 13.4. The molecule has 2 nitrogen and oxygen atoms in total. The van der Waals surface area contributed by atoms with Gasteiger partial charge in [-0.05, 0) is 29.1 Å². The Morgan fingerprint density at radius 1 is 1.05 bits per heavy atom. The maximum absolute atomic E-state index is 6.01. The summed E-state index contributed by atoms with van der Waals surface area (Å²) in [5, 5.41) is 2.47. The number of nitrogens with zero attached hydrogens (tertiary/aromatic N) is 1. The summed E-state index contributed by atoms with van der Waals surface area (Å²) in [7, 11) is 2.11. The van der Waals surface area contributed by atoms with Gasteiger partial charge in [-0.2, -0.15) is 0 Å². The maximum Gasteiger partial charge on any atom is 0.0931 e. The molecular weight excluding hydrogens is 300 g/mol. The van der Waals surface area contributed by atoms with Gasteiger partial charge < -0.3 is 10.6 Å². The minimum Gasteiger partial charge on any atom is -0.369 e. The Morgan fingerprint density at radius 3 is 2.48 bits per heavy atom. The van der Waals surface area contributed by atoms with Gasteiger partial charge in [-0.15, -0.1) is 11.3 Å². The molecule has 0 radical (unpaired) electrons. The molecule has 0 atom stereocenters. The molecule has 0 spiro atoms. The van der Waals surface area contributed by atoms with Gasteiger partial charge >= 0.3 is 0 Å². The van der Waals surface area contributed by atoms with Crippen LogP contribution < -0.4 is 10.6 Å². The number of hydrogen-bond acceptors (Lipinski definition) is 3. The van der Waals surface area contributed by atoms with Crippen molar-refractivity contribution in [3.63, 3.8) is 0 Å². The number of hydrogen-bond donors (Lipinski definition) is 1. The second-order valence-electron chi connectivity index (χ2n) is 5.06. The topological polar surface area (TPSA) is 29.3 Å². The Kier molecular flexibility index (Phi) is 4.15. The number of fused-ring (bicyclic) bond motifs is 1. The van der Waals surface area contributed by atoms with Crippen LogP contribution in [0.25, 0.3) is 10.8 Å². The van der Waals surface area contributed by atoms with E-state index in [-0.39, 0.29) is 0 Å². The van der Waals surface area contributed by atoms with Crippen LogP contribution in [0.15, 0.2) is 48.5 Å². The zero-order valence-electron chi connectivity index (χ0n) is 11.8. The lowest BCUT2D eigenvalue weighted by Gasteiger charge is -2.21. The molecule has 0 aliphatic carbocycles. The number of rotatable bonds is 4. The summed E-state index contributed by atoms with van der Waals surface area (Å²) >= 11 is 7.64. The van der Waals surface area contributed by atoms with E-state index in [1.165, 1.54) is 26.9 Å².